The monoisotopic (exact) mass is 385 g/mol. The molecule has 0 saturated heterocycles. The molecule has 0 radical (unpaired) electrons. The van der Waals surface area contributed by atoms with Crippen LogP contribution in [-0.2, 0) is 28.3 Å². The third-order valence-corrected chi connectivity index (χ3v) is 7.38. The minimum Gasteiger partial charge on any atom is -0.682 e. The maximum absolute atomic E-state index is 13.0. The molecular weight excluding hydrogens is 362 g/mol. The first-order chi connectivity index (χ1) is 12.5. The summed E-state index contributed by atoms with van der Waals surface area (Å²) in [4.78, 5) is 26.9. The molecule has 136 valence electrons. The second-order valence-corrected chi connectivity index (χ2v) is 9.46. The molecule has 1 amide bonds. The summed E-state index contributed by atoms with van der Waals surface area (Å²) in [6.07, 6.45) is 5.19. The number of hydrogen-bond donors (Lipinski definition) is 1. The van der Waals surface area contributed by atoms with E-state index in [1.54, 1.807) is 0 Å². The van der Waals surface area contributed by atoms with Crippen molar-refractivity contribution in [3.05, 3.63) is 54.6 Å². The Kier molecular flexibility index (Phi) is 5.99. The van der Waals surface area contributed by atoms with Gasteiger partial charge in [-0.2, -0.15) is 0 Å². The average Bonchev–Trinajstić information content (AvgIpc) is 2.64. The molecule has 26 heavy (non-hydrogen) atoms. The Balaban J connectivity index is 1.92. The highest BCUT2D eigenvalue weighted by atomic mass is 32.2. The highest BCUT2D eigenvalue weighted by molar-refractivity contribution is 8.24. The van der Waals surface area contributed by atoms with Gasteiger partial charge in [0.05, 0.1) is 5.69 Å². The zero-order valence-electron chi connectivity index (χ0n) is 14.9. The van der Waals surface area contributed by atoms with Gasteiger partial charge in [0, 0.05) is 5.41 Å². The van der Waals surface area contributed by atoms with Crippen LogP contribution in [-0.4, -0.2) is 10.4 Å². The van der Waals surface area contributed by atoms with E-state index in [9.17, 15) is 9.59 Å². The van der Waals surface area contributed by atoms with Crippen LogP contribution < -0.4 is 5.32 Å². The number of hydrogen-bond acceptors (Lipinski definition) is 3. The Morgan fingerprint density at radius 3 is 2.23 bits per heavy atom. The van der Waals surface area contributed by atoms with Gasteiger partial charge in [-0.15, -0.1) is 0 Å². The van der Waals surface area contributed by atoms with Gasteiger partial charge >= 0.3 is 0 Å². The lowest BCUT2D eigenvalue weighted by molar-refractivity contribution is -0.126. The zero-order valence-corrected chi connectivity index (χ0v) is 16.5. The van der Waals surface area contributed by atoms with Crippen LogP contribution in [0.15, 0.2) is 64.4 Å². The summed E-state index contributed by atoms with van der Waals surface area (Å²) in [6, 6.07) is 17.0. The largest absolute Gasteiger partial charge is 0.682 e. The third kappa shape index (κ3) is 4.10. The lowest BCUT2D eigenvalue weighted by Crippen LogP contribution is -2.35. The molecule has 0 heterocycles. The van der Waals surface area contributed by atoms with Gasteiger partial charge in [-0.25, -0.2) is 0 Å². The molecule has 1 saturated carbocycles. The van der Waals surface area contributed by atoms with E-state index in [-0.39, 0.29) is 15.8 Å². The number of benzene rings is 2. The van der Waals surface area contributed by atoms with Crippen LogP contribution >= 0.6 is 0 Å². The maximum Gasteiger partial charge on any atom is 0.230 e. The molecule has 2 aromatic carbocycles. The molecule has 0 bridgehead atoms. The molecule has 0 spiro atoms. The zero-order chi connectivity index (χ0) is 18.6. The van der Waals surface area contributed by atoms with E-state index < -0.39 is 10.9 Å². The highest BCUT2D eigenvalue weighted by Crippen LogP contribution is 2.38. The van der Waals surface area contributed by atoms with Crippen LogP contribution in [0.3, 0.4) is 0 Å². The lowest BCUT2D eigenvalue weighted by Gasteiger charge is -2.32. The summed E-state index contributed by atoms with van der Waals surface area (Å²) in [5.41, 5.74) is 0.351. The molecule has 1 aliphatic rings. The molecular formula is C21H23NO2S2. The minimum atomic E-state index is -0.888. The number of anilines is 1. The Morgan fingerprint density at radius 1 is 0.962 bits per heavy atom. The first kappa shape index (κ1) is 18.9. The van der Waals surface area contributed by atoms with E-state index in [2.05, 4.69) is 5.32 Å². The average molecular weight is 386 g/mol. The van der Waals surface area contributed by atoms with Crippen LogP contribution in [0.1, 0.15) is 39.0 Å². The van der Waals surface area contributed by atoms with Crippen molar-refractivity contribution >= 4 is 39.6 Å². The molecule has 0 aromatic heterocycles. The highest BCUT2D eigenvalue weighted by Gasteiger charge is 2.36. The van der Waals surface area contributed by atoms with Crippen molar-refractivity contribution < 1.29 is 9.59 Å². The molecule has 1 N–H and O–H groups in total. The smallest absolute Gasteiger partial charge is 0.230 e. The molecule has 3 nitrogen and oxygen atoms in total. The Bertz CT molecular complexity index is 786. The topological polar surface area (TPSA) is 46.2 Å². The van der Waals surface area contributed by atoms with Gasteiger partial charge < -0.3 is 17.9 Å². The summed E-state index contributed by atoms with van der Waals surface area (Å²) in [6.45, 7) is 2.04. The predicted molar refractivity (Wildman–Crippen MR) is 109 cm³/mol. The number of carbonyl (C=O) groups is 2. The van der Waals surface area contributed by atoms with Crippen molar-refractivity contribution in [3.63, 3.8) is 0 Å². The van der Waals surface area contributed by atoms with Gasteiger partial charge in [0.25, 0.3) is 0 Å². The fourth-order valence-electron chi connectivity index (χ4n) is 3.45. The number of para-hydroxylation sites is 1. The van der Waals surface area contributed by atoms with E-state index in [0.717, 1.165) is 35.5 Å². The van der Waals surface area contributed by atoms with Gasteiger partial charge in [-0.3, -0.25) is 9.59 Å². The van der Waals surface area contributed by atoms with Gasteiger partial charge in [0.15, 0.2) is 9.79 Å². The molecule has 0 aliphatic heterocycles. The standard InChI is InChI=1S/C21H23NO2S2/c1-21(14-8-3-9-15-21)19(23)22-17-12-6-7-13-18(17)26(20(24)25)16-10-4-2-5-11-16/h2,4-7,10-13H,3,8-9,14-15H2,1H3,(H-,22,23,24,25). The molecule has 1 fully saturated rings. The van der Waals surface area contributed by atoms with Crippen molar-refractivity contribution in [2.45, 2.75) is 48.8 Å². The van der Waals surface area contributed by atoms with Crippen molar-refractivity contribution in [2.75, 3.05) is 5.32 Å². The van der Waals surface area contributed by atoms with Gasteiger partial charge in [0.2, 0.25) is 10.4 Å². The molecule has 3 rings (SSSR count). The number of carbonyl (C=O) groups excluding carboxylic acids is 2. The fraction of sp³-hybridized carbons (Fsp3) is 0.333. The summed E-state index contributed by atoms with van der Waals surface area (Å²) >= 11 is 5.05. The van der Waals surface area contributed by atoms with Gasteiger partial charge in [-0.1, -0.05) is 56.5 Å². The molecule has 1 atom stereocenters. The van der Waals surface area contributed by atoms with Gasteiger partial charge in [0.1, 0.15) is 10.9 Å². The van der Waals surface area contributed by atoms with E-state index in [4.69, 9.17) is 12.6 Å². The minimum absolute atomic E-state index is 0.0399. The van der Waals surface area contributed by atoms with Crippen molar-refractivity contribution in [2.24, 2.45) is 5.41 Å². The second kappa shape index (κ2) is 8.23. The van der Waals surface area contributed by atoms with E-state index >= 15 is 0 Å². The second-order valence-electron chi connectivity index (χ2n) is 6.94. The Labute approximate surface area is 163 Å². The maximum atomic E-state index is 13.0. The number of nitrogens with one attached hydrogen (secondary N) is 1. The summed E-state index contributed by atoms with van der Waals surface area (Å²) in [7, 11) is -0.888. The SMILES string of the molecule is CC1(C(=O)Nc2ccccc2[S+](C(=O)[S-])c2ccccc2)CCCCC1. The van der Waals surface area contributed by atoms with Crippen LogP contribution in [0.25, 0.3) is 0 Å². The number of amides is 1. The fourth-order valence-corrected chi connectivity index (χ4v) is 5.62. The van der Waals surface area contributed by atoms with Crippen molar-refractivity contribution in [3.8, 4) is 0 Å². The van der Waals surface area contributed by atoms with Crippen LogP contribution in [0.2, 0.25) is 0 Å². The molecule has 1 aliphatic carbocycles. The quantitative estimate of drug-likeness (QED) is 0.574. The third-order valence-electron chi connectivity index (χ3n) is 5.01. The normalized spacial score (nSPS) is 17.3. The van der Waals surface area contributed by atoms with Crippen LogP contribution in [0, 0.1) is 5.41 Å². The Hall–Kier alpha value is -1.85. The predicted octanol–water partition coefficient (Wildman–Crippen LogP) is 5.30. The summed E-state index contributed by atoms with van der Waals surface area (Å²) in [5, 5.41) is 3.10. The van der Waals surface area contributed by atoms with Crippen molar-refractivity contribution in [1.82, 2.24) is 0 Å². The van der Waals surface area contributed by atoms with E-state index in [0.29, 0.717) is 5.69 Å². The van der Waals surface area contributed by atoms with Gasteiger partial charge in [-0.05, 0) is 37.1 Å². The molecule has 1 unspecified atom stereocenters. The van der Waals surface area contributed by atoms with E-state index in [1.165, 1.54) is 6.42 Å². The first-order valence-electron chi connectivity index (χ1n) is 8.92. The number of rotatable bonds is 4. The van der Waals surface area contributed by atoms with Crippen LogP contribution in [0.5, 0.6) is 0 Å². The molecule has 2 aromatic rings. The summed E-state index contributed by atoms with van der Waals surface area (Å²) < 4.78 is -0.318. The van der Waals surface area contributed by atoms with Crippen LogP contribution in [0.4, 0.5) is 10.5 Å². The summed E-state index contributed by atoms with van der Waals surface area (Å²) in [5.74, 6) is 0.0399. The first-order valence-corrected chi connectivity index (χ1v) is 10.6. The van der Waals surface area contributed by atoms with E-state index in [1.807, 2.05) is 61.5 Å². The lowest BCUT2D eigenvalue weighted by atomic mass is 9.75. The molecule has 5 heteroatoms. The Morgan fingerprint density at radius 2 is 1.58 bits per heavy atom. The van der Waals surface area contributed by atoms with Crippen molar-refractivity contribution in [1.29, 1.82) is 0 Å².